The second-order valence-electron chi connectivity index (χ2n) is 9.12. The highest BCUT2D eigenvalue weighted by Gasteiger charge is 2.34. The molecule has 41 heavy (non-hydrogen) atoms. The van der Waals surface area contributed by atoms with Gasteiger partial charge in [-0.25, -0.2) is 14.6 Å². The predicted octanol–water partition coefficient (Wildman–Crippen LogP) is 4.55. The first-order valence-electron chi connectivity index (χ1n) is 13.1. The van der Waals surface area contributed by atoms with Crippen molar-refractivity contribution in [3.63, 3.8) is 0 Å². The Labute approximate surface area is 244 Å². The van der Waals surface area contributed by atoms with Crippen LogP contribution < -0.4 is 19.6 Å². The fraction of sp³-hybridized carbons (Fsp3) is 0.226. The molecule has 1 aliphatic rings. The van der Waals surface area contributed by atoms with Gasteiger partial charge in [0.05, 0.1) is 29.0 Å². The molecule has 4 aromatic rings. The maximum absolute atomic E-state index is 14.1. The average Bonchev–Trinajstić information content (AvgIpc) is 3.26. The summed E-state index contributed by atoms with van der Waals surface area (Å²) >= 11 is 7.79. The maximum Gasteiger partial charge on any atom is 0.344 e. The molecule has 0 bridgehead atoms. The summed E-state index contributed by atoms with van der Waals surface area (Å²) in [4.78, 5) is 44.3. The molecule has 0 aliphatic carbocycles. The monoisotopic (exact) mass is 590 g/mol. The molecule has 210 valence electrons. The summed E-state index contributed by atoms with van der Waals surface area (Å²) in [7, 11) is 0. The van der Waals surface area contributed by atoms with Crippen molar-refractivity contribution in [2.75, 3.05) is 19.8 Å². The standard InChI is InChI=1S/C31H27ClN2O6S/c1-4-38-26(35)17-40-24-15-14-19-10-6-7-11-20(19)22(24)16-25-29(36)34-28(21-12-8-9-13-23(21)32)27(30(37)39-5-2)18(3)33-31(34)41-25/h6-16,28H,4-5,17H2,1-3H3/t28-/m0/s1. The lowest BCUT2D eigenvalue weighted by atomic mass is 9.96. The van der Waals surface area contributed by atoms with Crippen molar-refractivity contribution in [1.29, 1.82) is 0 Å². The fourth-order valence-corrected chi connectivity index (χ4v) is 6.07. The second-order valence-corrected chi connectivity index (χ2v) is 10.5. The van der Waals surface area contributed by atoms with Crippen LogP contribution >= 0.6 is 22.9 Å². The molecule has 8 nitrogen and oxygen atoms in total. The zero-order valence-electron chi connectivity index (χ0n) is 22.7. The van der Waals surface area contributed by atoms with Crippen LogP contribution in [0.15, 0.2) is 81.7 Å². The molecule has 10 heteroatoms. The summed E-state index contributed by atoms with van der Waals surface area (Å²) in [6.07, 6.45) is 1.74. The number of halogens is 1. The van der Waals surface area contributed by atoms with E-state index in [4.69, 9.17) is 25.8 Å². The Balaban J connectivity index is 1.73. The van der Waals surface area contributed by atoms with E-state index >= 15 is 0 Å². The molecule has 0 N–H and O–H groups in total. The Morgan fingerprint density at radius 1 is 1.02 bits per heavy atom. The van der Waals surface area contributed by atoms with Gasteiger partial charge in [-0.15, -0.1) is 0 Å². The minimum Gasteiger partial charge on any atom is -0.481 e. The molecule has 3 aromatic carbocycles. The van der Waals surface area contributed by atoms with Crippen LogP contribution in [0.2, 0.25) is 5.02 Å². The minimum atomic E-state index is -0.826. The van der Waals surface area contributed by atoms with Crippen molar-refractivity contribution < 1.29 is 23.8 Å². The number of thiazole rings is 1. The third-order valence-corrected chi connectivity index (χ3v) is 7.90. The zero-order chi connectivity index (χ0) is 29.1. The number of rotatable bonds is 8. The van der Waals surface area contributed by atoms with Crippen molar-refractivity contribution in [2.45, 2.75) is 26.8 Å². The van der Waals surface area contributed by atoms with Gasteiger partial charge in [0.25, 0.3) is 5.56 Å². The summed E-state index contributed by atoms with van der Waals surface area (Å²) in [6.45, 7) is 5.31. The third kappa shape index (κ3) is 5.55. The van der Waals surface area contributed by atoms with Gasteiger partial charge in [-0.2, -0.15) is 0 Å². The molecule has 0 radical (unpaired) electrons. The van der Waals surface area contributed by atoms with Crippen LogP contribution in [0.4, 0.5) is 0 Å². The van der Waals surface area contributed by atoms with E-state index in [2.05, 4.69) is 4.99 Å². The zero-order valence-corrected chi connectivity index (χ0v) is 24.3. The van der Waals surface area contributed by atoms with Crippen LogP contribution in [0.25, 0.3) is 16.8 Å². The number of aromatic nitrogens is 1. The van der Waals surface area contributed by atoms with Crippen LogP contribution in [0.1, 0.15) is 37.9 Å². The molecule has 0 amide bonds. The van der Waals surface area contributed by atoms with Gasteiger partial charge in [0, 0.05) is 10.6 Å². The van der Waals surface area contributed by atoms with Gasteiger partial charge >= 0.3 is 11.9 Å². The highest BCUT2D eigenvalue weighted by molar-refractivity contribution is 7.07. The molecule has 0 spiro atoms. The van der Waals surface area contributed by atoms with Crippen LogP contribution in [-0.2, 0) is 19.1 Å². The molecule has 2 heterocycles. The van der Waals surface area contributed by atoms with Gasteiger partial charge in [-0.1, -0.05) is 71.5 Å². The van der Waals surface area contributed by atoms with Gasteiger partial charge in [-0.05, 0) is 55.3 Å². The number of esters is 2. The molecule has 0 unspecified atom stereocenters. The molecule has 5 rings (SSSR count). The number of benzene rings is 3. The highest BCUT2D eigenvalue weighted by Crippen LogP contribution is 2.34. The average molecular weight is 591 g/mol. The number of hydrogen-bond acceptors (Lipinski definition) is 8. The summed E-state index contributed by atoms with van der Waals surface area (Å²) in [5.41, 5.74) is 1.57. The minimum absolute atomic E-state index is 0.172. The molecule has 1 aromatic heterocycles. The van der Waals surface area contributed by atoms with E-state index in [9.17, 15) is 14.4 Å². The smallest absolute Gasteiger partial charge is 0.344 e. The van der Waals surface area contributed by atoms with E-state index in [0.29, 0.717) is 36.9 Å². The van der Waals surface area contributed by atoms with E-state index in [1.807, 2.05) is 30.3 Å². The van der Waals surface area contributed by atoms with Crippen LogP contribution in [0.5, 0.6) is 5.75 Å². The fourth-order valence-electron chi connectivity index (χ4n) is 4.80. The number of carbonyl (C=O) groups is 2. The lowest BCUT2D eigenvalue weighted by Crippen LogP contribution is -2.40. The normalized spacial score (nSPS) is 14.9. The number of nitrogens with zero attached hydrogens (tertiary/aromatic N) is 2. The second kappa shape index (κ2) is 12.1. The van der Waals surface area contributed by atoms with E-state index in [-0.39, 0.29) is 31.0 Å². The number of hydrogen-bond donors (Lipinski definition) is 0. The van der Waals surface area contributed by atoms with E-state index in [0.717, 1.165) is 10.8 Å². The molecule has 0 fully saturated rings. The summed E-state index contributed by atoms with van der Waals surface area (Å²) in [6, 6.07) is 17.6. The van der Waals surface area contributed by atoms with Gasteiger partial charge in [0.15, 0.2) is 11.4 Å². The van der Waals surface area contributed by atoms with Crippen molar-refractivity contribution in [1.82, 2.24) is 4.57 Å². The SMILES string of the molecule is CCOC(=O)COc1ccc2ccccc2c1C=c1sc2n(c1=O)[C@@H](c1ccccc1Cl)C(C(=O)OCC)=C(C)N=2. The maximum atomic E-state index is 14.1. The van der Waals surface area contributed by atoms with Gasteiger partial charge < -0.3 is 14.2 Å². The number of allylic oxidation sites excluding steroid dienone is 1. The number of carbonyl (C=O) groups excluding carboxylic acids is 2. The summed E-state index contributed by atoms with van der Waals surface area (Å²) in [5.74, 6) is -0.627. The molecule has 0 saturated heterocycles. The molecular weight excluding hydrogens is 564 g/mol. The first-order valence-corrected chi connectivity index (χ1v) is 14.3. The number of fused-ring (bicyclic) bond motifs is 2. The topological polar surface area (TPSA) is 96.2 Å². The molecule has 1 atom stereocenters. The lowest BCUT2D eigenvalue weighted by Gasteiger charge is -2.25. The Morgan fingerprint density at radius 3 is 2.51 bits per heavy atom. The van der Waals surface area contributed by atoms with E-state index in [1.165, 1.54) is 15.9 Å². The Hall–Kier alpha value is -4.21. The van der Waals surface area contributed by atoms with Gasteiger partial charge in [0.2, 0.25) is 0 Å². The first-order chi connectivity index (χ1) is 19.8. The quantitative estimate of drug-likeness (QED) is 0.280. The van der Waals surface area contributed by atoms with Gasteiger partial charge in [0.1, 0.15) is 11.8 Å². The van der Waals surface area contributed by atoms with E-state index < -0.39 is 18.0 Å². The van der Waals surface area contributed by atoms with Crippen LogP contribution in [-0.4, -0.2) is 36.3 Å². The molecule has 1 aliphatic heterocycles. The van der Waals surface area contributed by atoms with Crippen molar-refractivity contribution in [3.05, 3.63) is 108 Å². The van der Waals surface area contributed by atoms with Crippen molar-refractivity contribution in [3.8, 4) is 5.75 Å². The molecule has 0 saturated carbocycles. The summed E-state index contributed by atoms with van der Waals surface area (Å²) in [5, 5.41) is 2.18. The van der Waals surface area contributed by atoms with E-state index in [1.54, 1.807) is 57.2 Å². The largest absolute Gasteiger partial charge is 0.481 e. The third-order valence-electron chi connectivity index (χ3n) is 6.57. The highest BCUT2D eigenvalue weighted by atomic mass is 35.5. The Bertz CT molecular complexity index is 1870. The van der Waals surface area contributed by atoms with Crippen LogP contribution in [0, 0.1) is 0 Å². The lowest BCUT2D eigenvalue weighted by molar-refractivity contribution is -0.145. The Morgan fingerprint density at radius 2 is 1.76 bits per heavy atom. The summed E-state index contributed by atoms with van der Waals surface area (Å²) < 4.78 is 18.1. The molecular formula is C31H27ClN2O6S. The number of ether oxygens (including phenoxy) is 3. The predicted molar refractivity (Wildman–Crippen MR) is 158 cm³/mol. The first kappa shape index (κ1) is 28.3. The van der Waals surface area contributed by atoms with Crippen LogP contribution in [0.3, 0.4) is 0 Å². The van der Waals surface area contributed by atoms with Crippen molar-refractivity contribution in [2.24, 2.45) is 4.99 Å². The van der Waals surface area contributed by atoms with Crippen molar-refractivity contribution >= 4 is 51.7 Å². The van der Waals surface area contributed by atoms with Gasteiger partial charge in [-0.3, -0.25) is 9.36 Å². The Kier molecular flexibility index (Phi) is 8.37.